The minimum absolute atomic E-state index is 0.0592. The fourth-order valence-corrected chi connectivity index (χ4v) is 4.34. The van der Waals surface area contributed by atoms with Gasteiger partial charge in [-0.15, -0.1) is 0 Å². The number of hydrogen-bond donors (Lipinski definition) is 1. The van der Waals surface area contributed by atoms with Gasteiger partial charge in [0.2, 0.25) is 5.95 Å². The van der Waals surface area contributed by atoms with Crippen molar-refractivity contribution >= 4 is 16.0 Å². The number of nitrogen functional groups attached to an aromatic ring is 1. The third-order valence-electron chi connectivity index (χ3n) is 3.75. The monoisotopic (exact) mass is 322 g/mol. The normalized spacial score (nSPS) is 20.1. The second kappa shape index (κ2) is 5.65. The van der Waals surface area contributed by atoms with E-state index in [1.54, 1.807) is 23.9 Å². The first-order valence-electron chi connectivity index (χ1n) is 7.07. The largest absolute Gasteiger partial charge is 0.368 e. The fourth-order valence-electron chi connectivity index (χ4n) is 2.70. The highest BCUT2D eigenvalue weighted by Gasteiger charge is 2.36. The second-order valence-electron chi connectivity index (χ2n) is 5.34. The number of rotatable bonds is 3. The number of sulfonamides is 1. The first kappa shape index (κ1) is 14.9. The molecule has 0 bridgehead atoms. The molecule has 1 aliphatic heterocycles. The Balaban J connectivity index is 1.99. The molecule has 0 aliphatic carbocycles. The van der Waals surface area contributed by atoms with Gasteiger partial charge in [-0.1, -0.05) is 6.42 Å². The molecule has 8 nitrogen and oxygen atoms in total. The first-order chi connectivity index (χ1) is 10.5. The molecule has 0 saturated carbocycles. The fraction of sp³-hybridized carbons (Fsp3) is 0.462. The van der Waals surface area contributed by atoms with Gasteiger partial charge in [-0.3, -0.25) is 0 Å². The summed E-state index contributed by atoms with van der Waals surface area (Å²) in [6.45, 7) is 0.452. The molecular formula is C13H18N6O2S. The molecule has 2 N–H and O–H groups in total. The van der Waals surface area contributed by atoms with Gasteiger partial charge >= 0.3 is 0 Å². The smallest absolute Gasteiger partial charge is 0.262 e. The van der Waals surface area contributed by atoms with Crippen LogP contribution in [0.4, 0.5) is 5.95 Å². The topological polar surface area (TPSA) is 107 Å². The van der Waals surface area contributed by atoms with Crippen molar-refractivity contribution in [2.45, 2.75) is 30.3 Å². The van der Waals surface area contributed by atoms with Gasteiger partial charge in [0, 0.05) is 26.0 Å². The second-order valence-corrected chi connectivity index (χ2v) is 7.18. The molecule has 1 unspecified atom stereocenters. The summed E-state index contributed by atoms with van der Waals surface area (Å²) in [4.78, 5) is 12.0. The Kier molecular flexibility index (Phi) is 3.83. The summed E-state index contributed by atoms with van der Waals surface area (Å²) in [5, 5.41) is 0.0592. The summed E-state index contributed by atoms with van der Waals surface area (Å²) in [5.74, 6) is 0.151. The average Bonchev–Trinajstić information content (AvgIpc) is 2.95. The van der Waals surface area contributed by atoms with Crippen LogP contribution in [0.15, 0.2) is 29.8 Å². The van der Waals surface area contributed by atoms with E-state index in [4.69, 9.17) is 5.73 Å². The Morgan fingerprint density at radius 2 is 2.14 bits per heavy atom. The molecule has 0 amide bonds. The van der Waals surface area contributed by atoms with Crippen LogP contribution in [0.25, 0.3) is 0 Å². The van der Waals surface area contributed by atoms with Crippen LogP contribution in [0.3, 0.4) is 0 Å². The van der Waals surface area contributed by atoms with Gasteiger partial charge < -0.3 is 10.3 Å². The summed E-state index contributed by atoms with van der Waals surface area (Å²) < 4.78 is 28.8. The molecule has 2 aromatic rings. The van der Waals surface area contributed by atoms with E-state index in [1.807, 2.05) is 0 Å². The summed E-state index contributed by atoms with van der Waals surface area (Å²) in [7, 11) is -1.91. The summed E-state index contributed by atoms with van der Waals surface area (Å²) in [6.07, 6.45) is 7.02. The highest BCUT2D eigenvalue weighted by molar-refractivity contribution is 7.89. The van der Waals surface area contributed by atoms with Crippen LogP contribution < -0.4 is 5.73 Å². The van der Waals surface area contributed by atoms with Crippen LogP contribution in [0, 0.1) is 0 Å². The van der Waals surface area contributed by atoms with Gasteiger partial charge in [-0.05, 0) is 18.9 Å². The minimum Gasteiger partial charge on any atom is -0.368 e. The SMILES string of the molecule is Cn1cnc(S(=O)(=O)N2CCCCC2c2ccnc(N)n2)c1. The number of aromatic nitrogens is 4. The van der Waals surface area contributed by atoms with E-state index >= 15 is 0 Å². The molecule has 3 rings (SSSR count). The van der Waals surface area contributed by atoms with Gasteiger partial charge in [0.05, 0.1) is 18.1 Å². The van der Waals surface area contributed by atoms with Crippen LogP contribution in [0.5, 0.6) is 0 Å². The Labute approximate surface area is 129 Å². The van der Waals surface area contributed by atoms with Gasteiger partial charge in [0.15, 0.2) is 5.03 Å². The quantitative estimate of drug-likeness (QED) is 0.891. The first-order valence-corrected chi connectivity index (χ1v) is 8.51. The molecule has 0 spiro atoms. The summed E-state index contributed by atoms with van der Waals surface area (Å²) in [6, 6.07) is 1.39. The Bertz CT molecular complexity index is 772. The van der Waals surface area contributed by atoms with Crippen molar-refractivity contribution in [2.75, 3.05) is 12.3 Å². The molecule has 1 fully saturated rings. The number of piperidine rings is 1. The van der Waals surface area contributed by atoms with Crippen molar-refractivity contribution in [3.63, 3.8) is 0 Å². The van der Waals surface area contributed by atoms with Gasteiger partial charge in [-0.25, -0.2) is 23.4 Å². The Hall–Kier alpha value is -2.00. The van der Waals surface area contributed by atoms with Crippen LogP contribution in [0.1, 0.15) is 31.0 Å². The zero-order chi connectivity index (χ0) is 15.7. The predicted molar refractivity (Wildman–Crippen MR) is 80.1 cm³/mol. The molecule has 1 saturated heterocycles. The van der Waals surface area contributed by atoms with Gasteiger partial charge in [-0.2, -0.15) is 4.31 Å². The number of nitrogens with two attached hydrogens (primary N) is 1. The lowest BCUT2D eigenvalue weighted by Gasteiger charge is -2.33. The van der Waals surface area contributed by atoms with Crippen molar-refractivity contribution in [3.05, 3.63) is 30.5 Å². The van der Waals surface area contributed by atoms with E-state index in [0.717, 1.165) is 12.8 Å². The molecule has 0 radical (unpaired) electrons. The molecule has 118 valence electrons. The zero-order valence-electron chi connectivity index (χ0n) is 12.3. The maximum absolute atomic E-state index is 12.8. The van der Waals surface area contributed by atoms with Crippen molar-refractivity contribution < 1.29 is 8.42 Å². The van der Waals surface area contributed by atoms with Crippen molar-refractivity contribution in [1.29, 1.82) is 0 Å². The number of aryl methyl sites for hydroxylation is 1. The van der Waals surface area contributed by atoms with Crippen molar-refractivity contribution in [3.8, 4) is 0 Å². The lowest BCUT2D eigenvalue weighted by Crippen LogP contribution is -2.39. The molecule has 9 heteroatoms. The third-order valence-corrected chi connectivity index (χ3v) is 5.54. The molecule has 22 heavy (non-hydrogen) atoms. The maximum atomic E-state index is 12.8. The van der Waals surface area contributed by atoms with E-state index in [0.29, 0.717) is 18.7 Å². The Morgan fingerprint density at radius 3 is 2.82 bits per heavy atom. The number of hydrogen-bond acceptors (Lipinski definition) is 6. The molecule has 2 aromatic heterocycles. The molecule has 0 aromatic carbocycles. The highest BCUT2D eigenvalue weighted by atomic mass is 32.2. The van der Waals surface area contributed by atoms with Gasteiger partial charge in [0.25, 0.3) is 10.0 Å². The lowest BCUT2D eigenvalue weighted by molar-refractivity contribution is 0.251. The van der Waals surface area contributed by atoms with Crippen molar-refractivity contribution in [2.24, 2.45) is 7.05 Å². The molecule has 3 heterocycles. The van der Waals surface area contributed by atoms with E-state index in [-0.39, 0.29) is 17.0 Å². The van der Waals surface area contributed by atoms with E-state index < -0.39 is 10.0 Å². The van der Waals surface area contributed by atoms with Crippen molar-refractivity contribution in [1.82, 2.24) is 23.8 Å². The van der Waals surface area contributed by atoms with Crippen LogP contribution >= 0.6 is 0 Å². The Morgan fingerprint density at radius 1 is 1.32 bits per heavy atom. The van der Waals surface area contributed by atoms with Crippen LogP contribution in [0.2, 0.25) is 0 Å². The zero-order valence-corrected chi connectivity index (χ0v) is 13.1. The summed E-state index contributed by atoms with van der Waals surface area (Å²) >= 11 is 0. The highest BCUT2D eigenvalue weighted by Crippen LogP contribution is 2.34. The lowest BCUT2D eigenvalue weighted by atomic mass is 10.0. The molecule has 1 aliphatic rings. The third kappa shape index (κ3) is 2.69. The average molecular weight is 322 g/mol. The molecule has 1 atom stereocenters. The van der Waals surface area contributed by atoms with E-state index in [9.17, 15) is 8.42 Å². The number of nitrogens with zero attached hydrogens (tertiary/aromatic N) is 5. The van der Waals surface area contributed by atoms with Crippen LogP contribution in [-0.4, -0.2) is 38.8 Å². The minimum atomic E-state index is -3.65. The predicted octanol–water partition coefficient (Wildman–Crippen LogP) is 0.708. The molecular weight excluding hydrogens is 304 g/mol. The van der Waals surface area contributed by atoms with E-state index in [1.165, 1.54) is 16.8 Å². The number of anilines is 1. The summed E-state index contributed by atoms with van der Waals surface area (Å²) in [5.41, 5.74) is 6.26. The maximum Gasteiger partial charge on any atom is 0.262 e. The van der Waals surface area contributed by atoms with Gasteiger partial charge in [0.1, 0.15) is 0 Å². The number of imidazole rings is 1. The standard InChI is InChI=1S/C13H18N6O2S/c1-18-8-12(16-9-18)22(20,21)19-7-3-2-4-11(19)10-5-6-15-13(14)17-10/h5-6,8-9,11H,2-4,7H2,1H3,(H2,14,15,17). The van der Waals surface area contributed by atoms with Crippen LogP contribution in [-0.2, 0) is 17.1 Å². The van der Waals surface area contributed by atoms with E-state index in [2.05, 4.69) is 15.0 Å².